The number of nitrogens with one attached hydrogen (secondary N) is 2. The number of H-pyrrole nitrogens is 1. The number of amides is 1. The lowest BCUT2D eigenvalue weighted by Crippen LogP contribution is -2.25. The summed E-state index contributed by atoms with van der Waals surface area (Å²) in [6.07, 6.45) is 5.33. The summed E-state index contributed by atoms with van der Waals surface area (Å²) in [4.78, 5) is 12.4. The number of anilines is 1. The Bertz CT molecular complexity index is 657. The molecular formula is C17H20FN3O. The van der Waals surface area contributed by atoms with Crippen molar-refractivity contribution in [1.29, 1.82) is 0 Å². The summed E-state index contributed by atoms with van der Waals surface area (Å²) in [6, 6.07) is 6.22. The molecule has 0 saturated heterocycles. The average Bonchev–Trinajstić information content (AvgIpc) is 2.90. The van der Waals surface area contributed by atoms with Crippen LogP contribution in [0.2, 0.25) is 0 Å². The molecule has 1 fully saturated rings. The van der Waals surface area contributed by atoms with Gasteiger partial charge in [0.15, 0.2) is 5.82 Å². The maximum Gasteiger partial charge on any atom is 0.228 e. The van der Waals surface area contributed by atoms with Crippen LogP contribution in [0.5, 0.6) is 0 Å². The lowest BCUT2D eigenvalue weighted by Gasteiger charge is -2.20. The molecule has 1 aromatic heterocycles. The number of aryl methyl sites for hydroxylation is 1. The first-order valence-corrected chi connectivity index (χ1v) is 7.77. The molecule has 116 valence electrons. The second-order valence-electron chi connectivity index (χ2n) is 5.90. The van der Waals surface area contributed by atoms with Crippen molar-refractivity contribution in [2.24, 2.45) is 5.92 Å². The van der Waals surface area contributed by atoms with Crippen molar-refractivity contribution in [2.45, 2.75) is 39.0 Å². The number of carbonyl (C=O) groups is 1. The number of hydrogen-bond acceptors (Lipinski definition) is 2. The van der Waals surface area contributed by atoms with Crippen LogP contribution >= 0.6 is 0 Å². The summed E-state index contributed by atoms with van der Waals surface area (Å²) in [5, 5.41) is 10.0. The summed E-state index contributed by atoms with van der Waals surface area (Å²) < 4.78 is 13.1. The summed E-state index contributed by atoms with van der Waals surface area (Å²) in [6.45, 7) is 1.89. The van der Waals surface area contributed by atoms with Gasteiger partial charge < -0.3 is 5.32 Å². The van der Waals surface area contributed by atoms with Gasteiger partial charge in [-0.05, 0) is 37.5 Å². The molecule has 0 aliphatic heterocycles. The quantitative estimate of drug-likeness (QED) is 0.898. The minimum atomic E-state index is -0.280. The fraction of sp³-hybridized carbons (Fsp3) is 0.412. The number of aromatic amines is 1. The van der Waals surface area contributed by atoms with E-state index in [4.69, 9.17) is 0 Å². The Morgan fingerprint density at radius 3 is 2.59 bits per heavy atom. The minimum absolute atomic E-state index is 0.0366. The summed E-state index contributed by atoms with van der Waals surface area (Å²) in [7, 11) is 0. The van der Waals surface area contributed by atoms with Crippen LogP contribution in [0.25, 0.3) is 11.1 Å². The molecule has 0 bridgehead atoms. The Kier molecular flexibility index (Phi) is 4.22. The molecule has 1 aliphatic rings. The van der Waals surface area contributed by atoms with Gasteiger partial charge in [-0.3, -0.25) is 9.89 Å². The van der Waals surface area contributed by atoms with Crippen molar-refractivity contribution >= 4 is 11.7 Å². The van der Waals surface area contributed by atoms with Crippen LogP contribution in [0.4, 0.5) is 10.2 Å². The highest BCUT2D eigenvalue weighted by atomic mass is 19.1. The summed E-state index contributed by atoms with van der Waals surface area (Å²) in [5.74, 6) is 0.360. The van der Waals surface area contributed by atoms with Gasteiger partial charge in [-0.1, -0.05) is 31.4 Å². The predicted octanol–water partition coefficient (Wildman–Crippen LogP) is 4.04. The average molecular weight is 301 g/mol. The molecule has 5 heteroatoms. The van der Waals surface area contributed by atoms with E-state index in [0.29, 0.717) is 5.82 Å². The van der Waals surface area contributed by atoms with Crippen molar-refractivity contribution < 1.29 is 9.18 Å². The highest BCUT2D eigenvalue weighted by Gasteiger charge is 2.23. The van der Waals surface area contributed by atoms with Crippen LogP contribution in [-0.2, 0) is 4.79 Å². The topological polar surface area (TPSA) is 57.8 Å². The summed E-state index contributed by atoms with van der Waals surface area (Å²) in [5.41, 5.74) is 2.52. The number of halogens is 1. The third kappa shape index (κ3) is 3.03. The van der Waals surface area contributed by atoms with Gasteiger partial charge in [0.25, 0.3) is 0 Å². The van der Waals surface area contributed by atoms with Crippen molar-refractivity contribution in [3.63, 3.8) is 0 Å². The molecule has 2 aromatic rings. The predicted molar refractivity (Wildman–Crippen MR) is 83.9 cm³/mol. The van der Waals surface area contributed by atoms with E-state index in [1.807, 2.05) is 6.92 Å². The second kappa shape index (κ2) is 6.30. The van der Waals surface area contributed by atoms with Crippen molar-refractivity contribution in [1.82, 2.24) is 10.2 Å². The number of nitrogens with zero attached hydrogens (tertiary/aromatic N) is 1. The Labute approximate surface area is 129 Å². The Hall–Kier alpha value is -2.17. The SMILES string of the molecule is Cc1[nH]nc(NC(=O)C2CCCCC2)c1-c1ccc(F)cc1. The standard InChI is InChI=1S/C17H20FN3O/c1-11-15(12-7-9-14(18)10-8-12)16(21-20-11)19-17(22)13-5-3-2-4-6-13/h7-10,13H,2-6H2,1H3,(H2,19,20,21,22). The van der Waals surface area contributed by atoms with Gasteiger partial charge in [0.2, 0.25) is 5.91 Å². The van der Waals surface area contributed by atoms with Gasteiger partial charge in [-0.2, -0.15) is 5.10 Å². The zero-order valence-corrected chi connectivity index (χ0v) is 12.7. The minimum Gasteiger partial charge on any atom is -0.308 e. The molecule has 2 N–H and O–H groups in total. The third-order valence-electron chi connectivity index (χ3n) is 4.30. The lowest BCUT2D eigenvalue weighted by atomic mass is 9.88. The first-order chi connectivity index (χ1) is 10.6. The molecule has 0 atom stereocenters. The Morgan fingerprint density at radius 2 is 1.91 bits per heavy atom. The highest BCUT2D eigenvalue weighted by Crippen LogP contribution is 2.31. The Morgan fingerprint density at radius 1 is 1.23 bits per heavy atom. The Balaban J connectivity index is 1.82. The maximum absolute atomic E-state index is 13.1. The molecule has 1 saturated carbocycles. The fourth-order valence-corrected chi connectivity index (χ4v) is 3.07. The number of carbonyl (C=O) groups excluding carboxylic acids is 1. The summed E-state index contributed by atoms with van der Waals surface area (Å²) >= 11 is 0. The molecule has 22 heavy (non-hydrogen) atoms. The van der Waals surface area contributed by atoms with Gasteiger partial charge in [-0.25, -0.2) is 4.39 Å². The van der Waals surface area contributed by atoms with Gasteiger partial charge >= 0.3 is 0 Å². The van der Waals surface area contributed by atoms with Crippen LogP contribution in [0.1, 0.15) is 37.8 Å². The molecule has 1 aliphatic carbocycles. The van der Waals surface area contributed by atoms with E-state index in [1.165, 1.54) is 18.6 Å². The number of benzene rings is 1. The third-order valence-corrected chi connectivity index (χ3v) is 4.30. The molecule has 4 nitrogen and oxygen atoms in total. The number of rotatable bonds is 3. The van der Waals surface area contributed by atoms with Gasteiger partial charge in [0, 0.05) is 17.2 Å². The zero-order valence-electron chi connectivity index (χ0n) is 12.7. The van der Waals surface area contributed by atoms with E-state index in [1.54, 1.807) is 12.1 Å². The first kappa shape index (κ1) is 14.8. The molecule has 1 heterocycles. The van der Waals surface area contributed by atoms with Crippen LogP contribution in [0.15, 0.2) is 24.3 Å². The molecule has 0 radical (unpaired) electrons. The normalized spacial score (nSPS) is 15.7. The van der Waals surface area contributed by atoms with Crippen molar-refractivity contribution in [2.75, 3.05) is 5.32 Å². The van der Waals surface area contributed by atoms with E-state index < -0.39 is 0 Å². The molecule has 3 rings (SSSR count). The van der Waals surface area contributed by atoms with Crippen LogP contribution in [0, 0.1) is 18.7 Å². The largest absolute Gasteiger partial charge is 0.308 e. The molecule has 1 aromatic carbocycles. The van der Waals surface area contributed by atoms with Crippen LogP contribution < -0.4 is 5.32 Å². The number of aromatic nitrogens is 2. The first-order valence-electron chi connectivity index (χ1n) is 7.77. The fourth-order valence-electron chi connectivity index (χ4n) is 3.07. The van der Waals surface area contributed by atoms with Crippen molar-refractivity contribution in [3.05, 3.63) is 35.8 Å². The number of hydrogen-bond donors (Lipinski definition) is 2. The zero-order chi connectivity index (χ0) is 15.5. The maximum atomic E-state index is 13.1. The van der Waals surface area contributed by atoms with Gasteiger partial charge in [0.1, 0.15) is 5.82 Å². The van der Waals surface area contributed by atoms with Crippen molar-refractivity contribution in [3.8, 4) is 11.1 Å². The second-order valence-corrected chi connectivity index (χ2v) is 5.90. The molecule has 1 amide bonds. The van der Waals surface area contributed by atoms with E-state index in [-0.39, 0.29) is 17.6 Å². The van der Waals surface area contributed by atoms with Crippen LogP contribution in [0.3, 0.4) is 0 Å². The van der Waals surface area contributed by atoms with Gasteiger partial charge in [-0.15, -0.1) is 0 Å². The molecule has 0 spiro atoms. The lowest BCUT2D eigenvalue weighted by molar-refractivity contribution is -0.120. The van der Waals surface area contributed by atoms with Gasteiger partial charge in [0.05, 0.1) is 0 Å². The smallest absolute Gasteiger partial charge is 0.228 e. The van der Waals surface area contributed by atoms with E-state index in [9.17, 15) is 9.18 Å². The van der Waals surface area contributed by atoms with E-state index in [0.717, 1.165) is 42.5 Å². The molecule has 0 unspecified atom stereocenters. The highest BCUT2D eigenvalue weighted by molar-refractivity contribution is 5.96. The monoisotopic (exact) mass is 301 g/mol. The van der Waals surface area contributed by atoms with E-state index >= 15 is 0 Å². The van der Waals surface area contributed by atoms with E-state index in [2.05, 4.69) is 15.5 Å². The molecular weight excluding hydrogens is 281 g/mol. The van der Waals surface area contributed by atoms with Crippen LogP contribution in [-0.4, -0.2) is 16.1 Å².